The third-order valence-electron chi connectivity index (χ3n) is 3.42. The van der Waals surface area contributed by atoms with Crippen LogP contribution in [0.3, 0.4) is 0 Å². The number of rotatable bonds is 7. The molecule has 1 aromatic heterocycles. The molecule has 6 nitrogen and oxygen atoms in total. The molecule has 22 heavy (non-hydrogen) atoms. The van der Waals surface area contributed by atoms with E-state index in [1.807, 2.05) is 10.9 Å². The second-order valence-corrected chi connectivity index (χ2v) is 5.65. The predicted molar refractivity (Wildman–Crippen MR) is 82.5 cm³/mol. The molecule has 1 heterocycles. The highest BCUT2D eigenvalue weighted by Crippen LogP contribution is 2.11. The zero-order chi connectivity index (χ0) is 15.9. The molecular formula is C16H22N4O2. The highest BCUT2D eigenvalue weighted by Gasteiger charge is 2.04. The fourth-order valence-corrected chi connectivity index (χ4v) is 2.53. The van der Waals surface area contributed by atoms with Gasteiger partial charge >= 0.3 is 0 Å². The van der Waals surface area contributed by atoms with Gasteiger partial charge in [-0.3, -0.25) is 10.0 Å². The molecule has 0 aliphatic heterocycles. The van der Waals surface area contributed by atoms with Gasteiger partial charge in [-0.2, -0.15) is 0 Å². The highest BCUT2D eigenvalue weighted by atomic mass is 16.5. The molecule has 0 bridgehead atoms. The van der Waals surface area contributed by atoms with E-state index in [1.54, 1.807) is 5.48 Å². The van der Waals surface area contributed by atoms with Crippen molar-refractivity contribution < 1.29 is 10.0 Å². The standard InChI is InChI=1S/C16H22N4O2/c1-12-7-13(2)9-14(8-12)10-20-11-15(17-19-20)5-3-4-6-16(21)18-22/h7-9,11,22H,3-6,10H2,1-2H3,(H,18,21). The summed E-state index contributed by atoms with van der Waals surface area (Å²) in [5.41, 5.74) is 6.27. The number of nitrogens with zero attached hydrogens (tertiary/aromatic N) is 3. The maximum absolute atomic E-state index is 10.9. The lowest BCUT2D eigenvalue weighted by Crippen LogP contribution is -2.17. The number of aryl methyl sites for hydroxylation is 3. The molecule has 2 rings (SSSR count). The summed E-state index contributed by atoms with van der Waals surface area (Å²) in [6.45, 7) is 4.89. The average Bonchev–Trinajstić information content (AvgIpc) is 2.89. The van der Waals surface area contributed by atoms with E-state index >= 15 is 0 Å². The van der Waals surface area contributed by atoms with Gasteiger partial charge in [-0.15, -0.1) is 5.10 Å². The van der Waals surface area contributed by atoms with Crippen molar-refractivity contribution in [3.8, 4) is 0 Å². The lowest BCUT2D eigenvalue weighted by Gasteiger charge is -2.04. The van der Waals surface area contributed by atoms with Crippen LogP contribution in [0.2, 0.25) is 0 Å². The molecule has 0 unspecified atom stereocenters. The van der Waals surface area contributed by atoms with Gasteiger partial charge in [-0.1, -0.05) is 34.5 Å². The van der Waals surface area contributed by atoms with Crippen LogP contribution in [0.1, 0.15) is 41.6 Å². The van der Waals surface area contributed by atoms with E-state index in [2.05, 4.69) is 42.4 Å². The average molecular weight is 302 g/mol. The topological polar surface area (TPSA) is 80.0 Å². The minimum absolute atomic E-state index is 0.327. The van der Waals surface area contributed by atoms with Crippen LogP contribution in [0.5, 0.6) is 0 Å². The van der Waals surface area contributed by atoms with Crippen molar-refractivity contribution in [2.24, 2.45) is 0 Å². The van der Waals surface area contributed by atoms with E-state index in [1.165, 1.54) is 16.7 Å². The van der Waals surface area contributed by atoms with Gasteiger partial charge in [-0.05, 0) is 38.7 Å². The largest absolute Gasteiger partial charge is 0.289 e. The molecule has 1 aromatic carbocycles. The molecule has 0 spiro atoms. The van der Waals surface area contributed by atoms with Crippen molar-refractivity contribution in [3.05, 3.63) is 46.8 Å². The second kappa shape index (κ2) is 7.70. The molecule has 6 heteroatoms. The maximum atomic E-state index is 10.9. The summed E-state index contributed by atoms with van der Waals surface area (Å²) in [7, 11) is 0. The first-order valence-electron chi connectivity index (χ1n) is 7.46. The molecule has 118 valence electrons. The van der Waals surface area contributed by atoms with Crippen LogP contribution in [-0.4, -0.2) is 26.1 Å². The molecule has 0 saturated carbocycles. The third kappa shape index (κ3) is 4.96. The zero-order valence-corrected chi connectivity index (χ0v) is 13.0. The quantitative estimate of drug-likeness (QED) is 0.466. The third-order valence-corrected chi connectivity index (χ3v) is 3.42. The van der Waals surface area contributed by atoms with E-state index in [4.69, 9.17) is 5.21 Å². The lowest BCUT2D eigenvalue weighted by atomic mass is 10.1. The van der Waals surface area contributed by atoms with Crippen LogP contribution in [0, 0.1) is 13.8 Å². The molecule has 2 N–H and O–H groups in total. The Kier molecular flexibility index (Phi) is 5.66. The number of nitrogens with one attached hydrogen (secondary N) is 1. The Hall–Kier alpha value is -2.21. The second-order valence-electron chi connectivity index (χ2n) is 5.65. The molecule has 0 saturated heterocycles. The van der Waals surface area contributed by atoms with Crippen LogP contribution < -0.4 is 5.48 Å². The number of carbonyl (C=O) groups excluding carboxylic acids is 1. The maximum Gasteiger partial charge on any atom is 0.243 e. The number of carbonyl (C=O) groups is 1. The molecule has 2 aromatic rings. The summed E-state index contributed by atoms with van der Waals surface area (Å²) in [5, 5.41) is 16.7. The summed E-state index contributed by atoms with van der Waals surface area (Å²) >= 11 is 0. The van der Waals surface area contributed by atoms with Gasteiger partial charge in [0.25, 0.3) is 0 Å². The summed E-state index contributed by atoms with van der Waals surface area (Å²) in [5.74, 6) is -0.349. The zero-order valence-electron chi connectivity index (χ0n) is 13.0. The number of aromatic nitrogens is 3. The van der Waals surface area contributed by atoms with Crippen LogP contribution >= 0.6 is 0 Å². The van der Waals surface area contributed by atoms with Crippen LogP contribution in [0.15, 0.2) is 24.4 Å². The number of amides is 1. The van der Waals surface area contributed by atoms with Crippen molar-refractivity contribution >= 4 is 5.91 Å². The normalized spacial score (nSPS) is 10.7. The molecule has 0 fully saturated rings. The first-order chi connectivity index (χ1) is 10.6. The van der Waals surface area contributed by atoms with Crippen molar-refractivity contribution in [2.45, 2.75) is 46.1 Å². The Labute approximate surface area is 130 Å². The van der Waals surface area contributed by atoms with E-state index < -0.39 is 0 Å². The van der Waals surface area contributed by atoms with Crippen molar-refractivity contribution in [1.29, 1.82) is 0 Å². The first kappa shape index (κ1) is 16.2. The van der Waals surface area contributed by atoms with Crippen molar-refractivity contribution in [3.63, 3.8) is 0 Å². The van der Waals surface area contributed by atoms with Gasteiger partial charge < -0.3 is 0 Å². The van der Waals surface area contributed by atoms with Gasteiger partial charge in [0.15, 0.2) is 0 Å². The number of benzene rings is 1. The van der Waals surface area contributed by atoms with Crippen LogP contribution in [-0.2, 0) is 17.8 Å². The van der Waals surface area contributed by atoms with E-state index in [0.717, 1.165) is 25.0 Å². The molecule has 0 aliphatic rings. The summed E-state index contributed by atoms with van der Waals surface area (Å²) < 4.78 is 1.84. The van der Waals surface area contributed by atoms with Gasteiger partial charge in [0, 0.05) is 12.6 Å². The van der Waals surface area contributed by atoms with E-state index in [-0.39, 0.29) is 5.91 Å². The first-order valence-corrected chi connectivity index (χ1v) is 7.46. The highest BCUT2D eigenvalue weighted by molar-refractivity contribution is 5.74. The number of hydrogen-bond donors (Lipinski definition) is 2. The molecule has 1 amide bonds. The molecule has 0 atom stereocenters. The predicted octanol–water partition coefficient (Wildman–Crippen LogP) is 2.16. The SMILES string of the molecule is Cc1cc(C)cc(Cn2cc(CCCCC(=O)NO)nn2)c1. The summed E-state index contributed by atoms with van der Waals surface area (Å²) in [6, 6.07) is 6.46. The van der Waals surface area contributed by atoms with Gasteiger partial charge in [0.1, 0.15) is 0 Å². The van der Waals surface area contributed by atoms with Gasteiger partial charge in [0.05, 0.1) is 12.2 Å². The number of unbranched alkanes of at least 4 members (excludes halogenated alkanes) is 1. The summed E-state index contributed by atoms with van der Waals surface area (Å²) in [4.78, 5) is 10.9. The Morgan fingerprint density at radius 1 is 1.23 bits per heavy atom. The smallest absolute Gasteiger partial charge is 0.243 e. The van der Waals surface area contributed by atoms with Gasteiger partial charge in [-0.25, -0.2) is 10.2 Å². The number of hydroxylamine groups is 1. The minimum atomic E-state index is -0.349. The van der Waals surface area contributed by atoms with E-state index in [9.17, 15) is 4.79 Å². The van der Waals surface area contributed by atoms with E-state index in [0.29, 0.717) is 13.0 Å². The monoisotopic (exact) mass is 302 g/mol. The fourth-order valence-electron chi connectivity index (χ4n) is 2.53. The van der Waals surface area contributed by atoms with Crippen LogP contribution in [0.4, 0.5) is 0 Å². The van der Waals surface area contributed by atoms with Crippen molar-refractivity contribution in [2.75, 3.05) is 0 Å². The van der Waals surface area contributed by atoms with Crippen LogP contribution in [0.25, 0.3) is 0 Å². The Balaban J connectivity index is 1.84. The van der Waals surface area contributed by atoms with Crippen molar-refractivity contribution in [1.82, 2.24) is 20.5 Å². The molecule has 0 aliphatic carbocycles. The Morgan fingerprint density at radius 2 is 1.95 bits per heavy atom. The molecular weight excluding hydrogens is 280 g/mol. The Morgan fingerprint density at radius 3 is 2.64 bits per heavy atom. The van der Waals surface area contributed by atoms with Gasteiger partial charge in [0.2, 0.25) is 5.91 Å². The Bertz CT molecular complexity index is 617. The summed E-state index contributed by atoms with van der Waals surface area (Å²) in [6.07, 6.45) is 4.62. The fraction of sp³-hybridized carbons (Fsp3) is 0.438. The number of hydrogen-bond acceptors (Lipinski definition) is 4. The minimum Gasteiger partial charge on any atom is -0.289 e. The molecule has 0 radical (unpaired) electrons. The lowest BCUT2D eigenvalue weighted by molar-refractivity contribution is -0.129.